The highest BCUT2D eigenvalue weighted by Gasteiger charge is 2.06. The van der Waals surface area contributed by atoms with Crippen LogP contribution in [0, 0.1) is 13.8 Å². The molecule has 5 nitrogen and oxygen atoms in total. The van der Waals surface area contributed by atoms with Gasteiger partial charge in [0.25, 0.3) is 0 Å². The number of rotatable bonds is 6. The third-order valence-corrected chi connectivity index (χ3v) is 4.01. The van der Waals surface area contributed by atoms with E-state index in [1.54, 1.807) is 6.07 Å². The predicted molar refractivity (Wildman–Crippen MR) is 104 cm³/mol. The molecule has 0 saturated carbocycles. The van der Waals surface area contributed by atoms with E-state index >= 15 is 0 Å². The molecule has 0 spiro atoms. The highest BCUT2D eigenvalue weighted by Crippen LogP contribution is 2.10. The van der Waals surface area contributed by atoms with Gasteiger partial charge < -0.3 is 10.6 Å². The molecule has 0 aliphatic heterocycles. The maximum Gasteiger partial charge on any atom is 0.229 e. The second-order valence-corrected chi connectivity index (χ2v) is 6.35. The zero-order valence-corrected chi connectivity index (χ0v) is 15.0. The number of carbonyl (C=O) groups excluding carboxylic acids is 1. The molecule has 2 N–H and O–H groups in total. The number of nitrogens with one attached hydrogen (secondary N) is 2. The van der Waals surface area contributed by atoms with Crippen molar-refractivity contribution in [2.24, 2.45) is 0 Å². The van der Waals surface area contributed by atoms with Gasteiger partial charge in [-0.25, -0.2) is 0 Å². The fraction of sp³-hybridized carbons (Fsp3) is 0.190. The van der Waals surface area contributed by atoms with Gasteiger partial charge >= 0.3 is 0 Å². The van der Waals surface area contributed by atoms with Crippen LogP contribution >= 0.6 is 0 Å². The second-order valence-electron chi connectivity index (χ2n) is 6.35. The average Bonchev–Trinajstić information content (AvgIpc) is 2.64. The van der Waals surface area contributed by atoms with Gasteiger partial charge in [-0.05, 0) is 37.1 Å². The first-order valence-electron chi connectivity index (χ1n) is 8.57. The number of hydrogen-bond acceptors (Lipinski definition) is 4. The van der Waals surface area contributed by atoms with Gasteiger partial charge in [0.1, 0.15) is 5.82 Å². The molecule has 3 aromatic rings. The molecule has 1 amide bonds. The van der Waals surface area contributed by atoms with Crippen LogP contribution in [0.25, 0.3) is 0 Å². The van der Waals surface area contributed by atoms with Crippen molar-refractivity contribution in [1.82, 2.24) is 10.2 Å². The van der Waals surface area contributed by atoms with Crippen LogP contribution in [-0.4, -0.2) is 16.1 Å². The molecule has 0 radical (unpaired) electrons. The lowest BCUT2D eigenvalue weighted by Crippen LogP contribution is -2.16. The summed E-state index contributed by atoms with van der Waals surface area (Å²) in [7, 11) is 0. The van der Waals surface area contributed by atoms with E-state index in [0.29, 0.717) is 24.6 Å². The monoisotopic (exact) mass is 346 g/mol. The molecular formula is C21H22N4O. The van der Waals surface area contributed by atoms with Crippen molar-refractivity contribution in [3.05, 3.63) is 82.9 Å². The molecule has 0 bridgehead atoms. The van der Waals surface area contributed by atoms with Crippen molar-refractivity contribution in [3.8, 4) is 0 Å². The third-order valence-electron chi connectivity index (χ3n) is 4.01. The van der Waals surface area contributed by atoms with Gasteiger partial charge in [-0.3, -0.25) is 4.79 Å². The maximum absolute atomic E-state index is 12.1. The minimum Gasteiger partial charge on any atom is -0.365 e. The number of aryl methyl sites for hydroxylation is 2. The predicted octanol–water partition coefficient (Wildman–Crippen LogP) is 3.89. The number of carbonyl (C=O) groups is 1. The van der Waals surface area contributed by atoms with Crippen molar-refractivity contribution in [1.29, 1.82) is 0 Å². The van der Waals surface area contributed by atoms with Crippen molar-refractivity contribution in [3.63, 3.8) is 0 Å². The van der Waals surface area contributed by atoms with Crippen LogP contribution in [0.2, 0.25) is 0 Å². The van der Waals surface area contributed by atoms with Crippen LogP contribution in [-0.2, 0) is 17.8 Å². The number of nitrogens with zero attached hydrogens (tertiary/aromatic N) is 2. The normalized spacial score (nSPS) is 10.4. The fourth-order valence-electron chi connectivity index (χ4n) is 2.47. The van der Waals surface area contributed by atoms with Gasteiger partial charge in [-0.1, -0.05) is 59.7 Å². The molecule has 0 aliphatic rings. The molecule has 5 heteroatoms. The molecule has 1 aromatic heterocycles. The molecule has 0 atom stereocenters. The molecule has 0 saturated heterocycles. The van der Waals surface area contributed by atoms with Gasteiger partial charge in [0.05, 0.1) is 6.42 Å². The molecule has 26 heavy (non-hydrogen) atoms. The van der Waals surface area contributed by atoms with Gasteiger partial charge in [-0.2, -0.15) is 0 Å². The molecule has 1 heterocycles. The van der Waals surface area contributed by atoms with Crippen LogP contribution in [0.3, 0.4) is 0 Å². The molecule has 0 aliphatic carbocycles. The number of benzene rings is 2. The number of anilines is 2. The lowest BCUT2D eigenvalue weighted by Gasteiger charge is -2.07. The zero-order chi connectivity index (χ0) is 18.4. The van der Waals surface area contributed by atoms with E-state index in [9.17, 15) is 4.79 Å². The number of amides is 1. The van der Waals surface area contributed by atoms with Gasteiger partial charge in [0, 0.05) is 6.54 Å². The summed E-state index contributed by atoms with van der Waals surface area (Å²) in [4.78, 5) is 12.1. The summed E-state index contributed by atoms with van der Waals surface area (Å²) in [5, 5.41) is 14.2. The number of aromatic nitrogens is 2. The molecule has 2 aromatic carbocycles. The van der Waals surface area contributed by atoms with E-state index in [4.69, 9.17) is 0 Å². The first kappa shape index (κ1) is 17.6. The van der Waals surface area contributed by atoms with E-state index in [-0.39, 0.29) is 5.91 Å². The topological polar surface area (TPSA) is 66.9 Å². The number of hydrogen-bond donors (Lipinski definition) is 2. The molecule has 132 valence electrons. The van der Waals surface area contributed by atoms with E-state index < -0.39 is 0 Å². The summed E-state index contributed by atoms with van der Waals surface area (Å²) in [6, 6.07) is 19.8. The Hall–Kier alpha value is -3.21. The van der Waals surface area contributed by atoms with Gasteiger partial charge in [0.2, 0.25) is 5.91 Å². The summed E-state index contributed by atoms with van der Waals surface area (Å²) in [6.45, 7) is 4.76. The average molecular weight is 346 g/mol. The Kier molecular flexibility index (Phi) is 5.59. The van der Waals surface area contributed by atoms with Crippen molar-refractivity contribution in [2.75, 3.05) is 10.6 Å². The van der Waals surface area contributed by atoms with Crippen LogP contribution < -0.4 is 10.6 Å². The molecule has 3 rings (SSSR count). The Morgan fingerprint density at radius 2 is 1.31 bits per heavy atom. The molecule has 0 fully saturated rings. The van der Waals surface area contributed by atoms with E-state index in [2.05, 4.69) is 52.0 Å². The fourth-order valence-corrected chi connectivity index (χ4v) is 2.47. The molecular weight excluding hydrogens is 324 g/mol. The maximum atomic E-state index is 12.1. The standard InChI is InChI=1S/C21H22N4O/c1-15-3-7-17(8-4-15)13-21(26)23-20-12-11-19(24-25-20)22-14-18-9-5-16(2)6-10-18/h3-12H,13-14H2,1-2H3,(H,22,24)(H,23,25,26). The lowest BCUT2D eigenvalue weighted by atomic mass is 10.1. The Morgan fingerprint density at radius 1 is 0.769 bits per heavy atom. The summed E-state index contributed by atoms with van der Waals surface area (Å²) in [6.07, 6.45) is 0.315. The van der Waals surface area contributed by atoms with Crippen LogP contribution in [0.1, 0.15) is 22.3 Å². The Balaban J connectivity index is 1.51. The highest BCUT2D eigenvalue weighted by molar-refractivity contribution is 5.91. The largest absolute Gasteiger partial charge is 0.365 e. The van der Waals surface area contributed by atoms with Crippen LogP contribution in [0.15, 0.2) is 60.7 Å². The van der Waals surface area contributed by atoms with E-state index in [0.717, 1.165) is 5.56 Å². The highest BCUT2D eigenvalue weighted by atomic mass is 16.1. The first-order valence-corrected chi connectivity index (χ1v) is 8.57. The third kappa shape index (κ3) is 5.14. The summed E-state index contributed by atoms with van der Waals surface area (Å²) in [5.74, 6) is 1.01. The van der Waals surface area contributed by atoms with Crippen molar-refractivity contribution < 1.29 is 4.79 Å². The summed E-state index contributed by atoms with van der Waals surface area (Å²) < 4.78 is 0. The van der Waals surface area contributed by atoms with Crippen LogP contribution in [0.5, 0.6) is 0 Å². The van der Waals surface area contributed by atoms with Gasteiger partial charge in [0.15, 0.2) is 5.82 Å². The summed E-state index contributed by atoms with van der Waals surface area (Å²) >= 11 is 0. The van der Waals surface area contributed by atoms with Crippen molar-refractivity contribution >= 4 is 17.5 Å². The van der Waals surface area contributed by atoms with E-state index in [1.165, 1.54) is 16.7 Å². The first-order chi connectivity index (χ1) is 12.6. The van der Waals surface area contributed by atoms with Gasteiger partial charge in [-0.15, -0.1) is 10.2 Å². The van der Waals surface area contributed by atoms with Crippen LogP contribution in [0.4, 0.5) is 11.6 Å². The Bertz CT molecular complexity index is 856. The minimum atomic E-state index is -0.108. The summed E-state index contributed by atoms with van der Waals surface area (Å²) in [5.41, 5.74) is 4.55. The van der Waals surface area contributed by atoms with Crippen molar-refractivity contribution in [2.45, 2.75) is 26.8 Å². The van der Waals surface area contributed by atoms with E-state index in [1.807, 2.05) is 37.3 Å². The minimum absolute atomic E-state index is 0.108. The molecule has 0 unspecified atom stereocenters. The quantitative estimate of drug-likeness (QED) is 0.711. The SMILES string of the molecule is Cc1ccc(CNc2ccc(NC(=O)Cc3ccc(C)cc3)nn2)cc1. The Morgan fingerprint density at radius 3 is 1.88 bits per heavy atom. The second kappa shape index (κ2) is 8.25. The Labute approximate surface area is 153 Å². The lowest BCUT2D eigenvalue weighted by molar-refractivity contribution is -0.115. The zero-order valence-electron chi connectivity index (χ0n) is 15.0. The smallest absolute Gasteiger partial charge is 0.229 e.